The highest BCUT2D eigenvalue weighted by Crippen LogP contribution is 2.46. The van der Waals surface area contributed by atoms with Crippen molar-refractivity contribution < 1.29 is 0 Å². The molecule has 0 aliphatic carbocycles. The standard InChI is InChI=1S/C45H35N/c1-3-4-5-6-16-34-33-15-8-7-14-31(33)29-43-35-21-13-22-38(36(35)27-28-37(34)43)45-41-19-11-9-17-39(41)44(40-18-10-12-20-42(40)45)30-23-25-32(46-2)26-24-30/h7-15,17-29H,3-6,16H2,1H3. The summed E-state index contributed by atoms with van der Waals surface area (Å²) in [4.78, 5) is 3.63. The second-order valence-corrected chi connectivity index (χ2v) is 12.4. The van der Waals surface area contributed by atoms with Gasteiger partial charge in [0.2, 0.25) is 0 Å². The molecule has 8 aromatic carbocycles. The molecule has 0 unspecified atom stereocenters. The average Bonchev–Trinajstić information content (AvgIpc) is 3.11. The minimum Gasteiger partial charge on any atom is -0.238 e. The molecule has 1 heteroatoms. The van der Waals surface area contributed by atoms with E-state index < -0.39 is 0 Å². The van der Waals surface area contributed by atoms with Crippen LogP contribution < -0.4 is 0 Å². The van der Waals surface area contributed by atoms with Gasteiger partial charge in [-0.2, -0.15) is 0 Å². The Hall–Kier alpha value is -5.45. The lowest BCUT2D eigenvalue weighted by atomic mass is 9.84. The number of fused-ring (bicyclic) bond motifs is 6. The Morgan fingerprint density at radius 1 is 0.478 bits per heavy atom. The molecule has 0 saturated carbocycles. The molecule has 8 rings (SSSR count). The van der Waals surface area contributed by atoms with Crippen LogP contribution >= 0.6 is 0 Å². The van der Waals surface area contributed by atoms with Gasteiger partial charge in [0.15, 0.2) is 5.69 Å². The number of hydrogen-bond donors (Lipinski definition) is 0. The van der Waals surface area contributed by atoms with Crippen molar-refractivity contribution in [3.63, 3.8) is 0 Å². The largest absolute Gasteiger partial charge is 0.238 e. The zero-order valence-corrected chi connectivity index (χ0v) is 26.2. The molecule has 0 heterocycles. The van der Waals surface area contributed by atoms with E-state index in [2.05, 4.69) is 133 Å². The molecule has 0 amide bonds. The van der Waals surface area contributed by atoms with E-state index in [0.717, 1.165) is 12.0 Å². The zero-order chi connectivity index (χ0) is 31.0. The lowest BCUT2D eigenvalue weighted by Crippen LogP contribution is -1.94. The number of rotatable bonds is 7. The Labute approximate surface area is 270 Å². The zero-order valence-electron chi connectivity index (χ0n) is 26.2. The monoisotopic (exact) mass is 589 g/mol. The second kappa shape index (κ2) is 11.8. The molecule has 46 heavy (non-hydrogen) atoms. The van der Waals surface area contributed by atoms with Crippen molar-refractivity contribution >= 4 is 59.5 Å². The normalized spacial score (nSPS) is 11.6. The first-order chi connectivity index (χ1) is 22.8. The van der Waals surface area contributed by atoms with Gasteiger partial charge in [0.1, 0.15) is 0 Å². The summed E-state index contributed by atoms with van der Waals surface area (Å²) in [5.74, 6) is 0. The first-order valence-corrected chi connectivity index (χ1v) is 16.5. The van der Waals surface area contributed by atoms with Gasteiger partial charge in [-0.25, -0.2) is 4.85 Å². The van der Waals surface area contributed by atoms with E-state index in [9.17, 15) is 0 Å². The van der Waals surface area contributed by atoms with E-state index in [1.807, 2.05) is 12.1 Å². The van der Waals surface area contributed by atoms with Crippen molar-refractivity contribution in [1.29, 1.82) is 0 Å². The third-order valence-electron chi connectivity index (χ3n) is 9.78. The SMILES string of the molecule is [C-]#[N+]c1ccc(-c2c3ccccc3c(-c3cccc4c3ccc3c(CCCCCC)c5ccccc5cc34)c3ccccc23)cc1. The summed E-state index contributed by atoms with van der Waals surface area (Å²) in [5.41, 5.74) is 7.04. The van der Waals surface area contributed by atoms with E-state index in [1.165, 1.54) is 102 Å². The summed E-state index contributed by atoms with van der Waals surface area (Å²) in [5, 5.41) is 13.0. The summed E-state index contributed by atoms with van der Waals surface area (Å²) in [6.45, 7) is 9.72. The molecular weight excluding hydrogens is 555 g/mol. The summed E-state index contributed by atoms with van der Waals surface area (Å²) in [7, 11) is 0. The van der Waals surface area contributed by atoms with Crippen molar-refractivity contribution in [3.05, 3.63) is 150 Å². The molecule has 0 bridgehead atoms. The van der Waals surface area contributed by atoms with Crippen molar-refractivity contribution in [2.45, 2.75) is 39.0 Å². The Balaban J connectivity index is 1.42. The Bertz CT molecular complexity index is 2400. The van der Waals surface area contributed by atoms with Crippen molar-refractivity contribution in [3.8, 4) is 22.3 Å². The third kappa shape index (κ3) is 4.61. The maximum absolute atomic E-state index is 7.44. The van der Waals surface area contributed by atoms with E-state index in [-0.39, 0.29) is 0 Å². The fourth-order valence-corrected chi connectivity index (χ4v) is 7.65. The highest BCUT2D eigenvalue weighted by Gasteiger charge is 2.19. The average molecular weight is 590 g/mol. The molecule has 0 fully saturated rings. The van der Waals surface area contributed by atoms with Crippen LogP contribution in [0.5, 0.6) is 0 Å². The van der Waals surface area contributed by atoms with Crippen LogP contribution in [0.3, 0.4) is 0 Å². The minimum absolute atomic E-state index is 0.661. The Kier molecular flexibility index (Phi) is 7.20. The maximum Gasteiger partial charge on any atom is 0.187 e. The second-order valence-electron chi connectivity index (χ2n) is 12.4. The first-order valence-electron chi connectivity index (χ1n) is 16.5. The predicted molar refractivity (Wildman–Crippen MR) is 199 cm³/mol. The van der Waals surface area contributed by atoms with Crippen LogP contribution in [-0.2, 0) is 6.42 Å². The molecule has 0 N–H and O–H groups in total. The number of unbranched alkanes of at least 4 members (excludes halogenated alkanes) is 3. The molecule has 0 atom stereocenters. The van der Waals surface area contributed by atoms with Gasteiger partial charge in [0, 0.05) is 0 Å². The number of aryl methyl sites for hydroxylation is 1. The molecule has 220 valence electrons. The summed E-state index contributed by atoms with van der Waals surface area (Å²) >= 11 is 0. The van der Waals surface area contributed by atoms with Crippen LogP contribution in [0.4, 0.5) is 5.69 Å². The van der Waals surface area contributed by atoms with Gasteiger partial charge in [-0.05, 0) is 101 Å². The fourth-order valence-electron chi connectivity index (χ4n) is 7.65. The van der Waals surface area contributed by atoms with E-state index >= 15 is 0 Å². The van der Waals surface area contributed by atoms with E-state index in [1.54, 1.807) is 0 Å². The third-order valence-corrected chi connectivity index (χ3v) is 9.78. The van der Waals surface area contributed by atoms with Gasteiger partial charge < -0.3 is 0 Å². The molecule has 0 radical (unpaired) electrons. The summed E-state index contributed by atoms with van der Waals surface area (Å²) in [6, 6.07) is 48.7. The maximum atomic E-state index is 7.44. The van der Waals surface area contributed by atoms with Gasteiger partial charge in [-0.3, -0.25) is 0 Å². The molecule has 0 aliphatic heterocycles. The van der Waals surface area contributed by atoms with E-state index in [0.29, 0.717) is 5.69 Å². The van der Waals surface area contributed by atoms with Crippen LogP contribution in [0.25, 0.3) is 81.0 Å². The van der Waals surface area contributed by atoms with Gasteiger partial charge in [0.25, 0.3) is 0 Å². The summed E-state index contributed by atoms with van der Waals surface area (Å²) < 4.78 is 0. The van der Waals surface area contributed by atoms with Crippen molar-refractivity contribution in [1.82, 2.24) is 0 Å². The Morgan fingerprint density at radius 3 is 1.76 bits per heavy atom. The summed E-state index contributed by atoms with van der Waals surface area (Å²) in [6.07, 6.45) is 6.15. The predicted octanol–water partition coefficient (Wildman–Crippen LogP) is 13.5. The number of benzene rings is 8. The van der Waals surface area contributed by atoms with Gasteiger partial charge >= 0.3 is 0 Å². The van der Waals surface area contributed by atoms with Crippen molar-refractivity contribution in [2.75, 3.05) is 0 Å². The molecule has 0 aromatic heterocycles. The quantitative estimate of drug-likeness (QED) is 0.0754. The number of nitrogens with zero attached hydrogens (tertiary/aromatic N) is 1. The molecule has 1 nitrogen and oxygen atoms in total. The van der Waals surface area contributed by atoms with Crippen LogP contribution in [0, 0.1) is 6.57 Å². The van der Waals surface area contributed by atoms with Crippen LogP contribution in [0.2, 0.25) is 0 Å². The van der Waals surface area contributed by atoms with Gasteiger partial charge in [-0.15, -0.1) is 0 Å². The lowest BCUT2D eigenvalue weighted by Gasteiger charge is -2.20. The van der Waals surface area contributed by atoms with Crippen LogP contribution in [0.1, 0.15) is 38.2 Å². The van der Waals surface area contributed by atoms with E-state index in [4.69, 9.17) is 6.57 Å². The highest BCUT2D eigenvalue weighted by molar-refractivity contribution is 6.25. The molecule has 8 aromatic rings. The van der Waals surface area contributed by atoms with Crippen molar-refractivity contribution in [2.24, 2.45) is 0 Å². The molecule has 0 saturated heterocycles. The van der Waals surface area contributed by atoms with Crippen LogP contribution in [-0.4, -0.2) is 0 Å². The minimum atomic E-state index is 0.661. The Morgan fingerprint density at radius 2 is 1.09 bits per heavy atom. The van der Waals surface area contributed by atoms with Gasteiger partial charge in [0.05, 0.1) is 6.57 Å². The lowest BCUT2D eigenvalue weighted by molar-refractivity contribution is 0.669. The molecule has 0 spiro atoms. The number of hydrogen-bond acceptors (Lipinski definition) is 0. The topological polar surface area (TPSA) is 4.36 Å². The van der Waals surface area contributed by atoms with Crippen LogP contribution in [0.15, 0.2) is 133 Å². The smallest absolute Gasteiger partial charge is 0.187 e. The first kappa shape index (κ1) is 28.1. The highest BCUT2D eigenvalue weighted by atomic mass is 14.6. The van der Waals surface area contributed by atoms with Gasteiger partial charge in [-0.1, -0.05) is 154 Å². The molecular formula is C45H35N. The molecule has 0 aliphatic rings. The fraction of sp³-hybridized carbons (Fsp3) is 0.133.